The molecule has 1 aromatic carbocycles. The van der Waals surface area contributed by atoms with Crippen LogP contribution in [-0.4, -0.2) is 28.8 Å². The molecule has 1 aliphatic rings. The highest BCUT2D eigenvalue weighted by Gasteiger charge is 2.33. The molecule has 4 nitrogen and oxygen atoms in total. The van der Waals surface area contributed by atoms with Crippen LogP contribution in [0.2, 0.25) is 0 Å². The third-order valence-electron chi connectivity index (χ3n) is 2.63. The summed E-state index contributed by atoms with van der Waals surface area (Å²) in [6.45, 7) is 0.102. The Morgan fingerprint density at radius 3 is 2.61 bits per heavy atom. The maximum atomic E-state index is 13.7. The Morgan fingerprint density at radius 2 is 2.11 bits per heavy atom. The Labute approximate surface area is 107 Å². The molecule has 1 aliphatic heterocycles. The largest absolute Gasteiger partial charge is 0.478 e. The van der Waals surface area contributed by atoms with Gasteiger partial charge in [-0.2, -0.15) is 12.6 Å². The fraction of sp³-hybridized carbons (Fsp3) is 0.273. The number of carbonyl (C=O) groups is 2. The molecule has 1 aromatic rings. The van der Waals surface area contributed by atoms with E-state index in [0.29, 0.717) is 12.1 Å². The van der Waals surface area contributed by atoms with Gasteiger partial charge in [0.15, 0.2) is 5.82 Å². The minimum absolute atomic E-state index is 0.0962. The van der Waals surface area contributed by atoms with Crippen molar-refractivity contribution in [3.05, 3.63) is 29.3 Å². The van der Waals surface area contributed by atoms with Crippen molar-refractivity contribution in [2.45, 2.75) is 11.7 Å². The standard InChI is InChI=1S/C11H9F2NO3S/c12-5-1-7(11(16)17)10(8(13)2-5)14-4-6(18)3-9(14)15/h1-2,6,18H,3-4H2,(H,16,17). The number of hydrogen-bond donors (Lipinski definition) is 2. The van der Waals surface area contributed by atoms with E-state index in [1.165, 1.54) is 0 Å². The molecule has 0 spiro atoms. The van der Waals surface area contributed by atoms with Gasteiger partial charge in [0.25, 0.3) is 0 Å². The third kappa shape index (κ3) is 2.17. The maximum absolute atomic E-state index is 13.7. The molecule has 18 heavy (non-hydrogen) atoms. The summed E-state index contributed by atoms with van der Waals surface area (Å²) in [5.41, 5.74) is -0.964. The van der Waals surface area contributed by atoms with Gasteiger partial charge in [0.1, 0.15) is 5.82 Å². The average molecular weight is 273 g/mol. The highest BCUT2D eigenvalue weighted by Crippen LogP contribution is 2.30. The molecule has 0 saturated carbocycles. The summed E-state index contributed by atoms with van der Waals surface area (Å²) in [4.78, 5) is 23.6. The number of benzene rings is 1. The molecule has 1 heterocycles. The molecule has 1 N–H and O–H groups in total. The number of carbonyl (C=O) groups excluding carboxylic acids is 1. The highest BCUT2D eigenvalue weighted by molar-refractivity contribution is 7.81. The predicted octanol–water partition coefficient (Wildman–Crippen LogP) is 1.70. The van der Waals surface area contributed by atoms with Crippen LogP contribution < -0.4 is 4.90 Å². The number of thiol groups is 1. The van der Waals surface area contributed by atoms with Crippen molar-refractivity contribution >= 4 is 30.2 Å². The topological polar surface area (TPSA) is 57.6 Å². The van der Waals surface area contributed by atoms with Gasteiger partial charge < -0.3 is 10.0 Å². The summed E-state index contributed by atoms with van der Waals surface area (Å²) in [7, 11) is 0. The van der Waals surface area contributed by atoms with Crippen molar-refractivity contribution in [2.75, 3.05) is 11.4 Å². The van der Waals surface area contributed by atoms with Gasteiger partial charge in [-0.05, 0) is 6.07 Å². The Bertz CT molecular complexity index is 535. The molecular formula is C11H9F2NO3S. The number of carboxylic acid groups (broad SMARTS) is 1. The van der Waals surface area contributed by atoms with E-state index in [0.717, 1.165) is 4.90 Å². The molecule has 7 heteroatoms. The molecule has 1 fully saturated rings. The summed E-state index contributed by atoms with van der Waals surface area (Å²) >= 11 is 4.10. The molecular weight excluding hydrogens is 264 g/mol. The number of anilines is 1. The summed E-state index contributed by atoms with van der Waals surface area (Å²) in [5.74, 6) is -3.98. The van der Waals surface area contributed by atoms with Gasteiger partial charge in [-0.15, -0.1) is 0 Å². The quantitative estimate of drug-likeness (QED) is 0.806. The van der Waals surface area contributed by atoms with Crippen molar-refractivity contribution in [3.63, 3.8) is 0 Å². The van der Waals surface area contributed by atoms with Crippen LogP contribution >= 0.6 is 12.6 Å². The van der Waals surface area contributed by atoms with E-state index in [-0.39, 0.29) is 18.2 Å². The summed E-state index contributed by atoms with van der Waals surface area (Å²) in [6.07, 6.45) is 0.0962. The predicted molar refractivity (Wildman–Crippen MR) is 63.1 cm³/mol. The zero-order chi connectivity index (χ0) is 13.4. The minimum Gasteiger partial charge on any atom is -0.478 e. The molecule has 1 saturated heterocycles. The second kappa shape index (κ2) is 4.56. The van der Waals surface area contributed by atoms with Crippen LogP contribution in [0.25, 0.3) is 0 Å². The summed E-state index contributed by atoms with van der Waals surface area (Å²) in [5, 5.41) is 8.65. The minimum atomic E-state index is -1.49. The van der Waals surface area contributed by atoms with Crippen molar-refractivity contribution in [1.29, 1.82) is 0 Å². The molecule has 0 radical (unpaired) electrons. The van der Waals surface area contributed by atoms with Crippen molar-refractivity contribution in [2.24, 2.45) is 0 Å². The van der Waals surface area contributed by atoms with Gasteiger partial charge in [0.2, 0.25) is 5.91 Å². The lowest BCUT2D eigenvalue weighted by atomic mass is 10.1. The fourth-order valence-corrected chi connectivity index (χ4v) is 2.23. The number of aromatic carboxylic acids is 1. The van der Waals surface area contributed by atoms with E-state index >= 15 is 0 Å². The average Bonchev–Trinajstić information content (AvgIpc) is 2.56. The first-order chi connectivity index (χ1) is 8.40. The number of amides is 1. The molecule has 0 bridgehead atoms. The Hall–Kier alpha value is -1.63. The Morgan fingerprint density at radius 1 is 1.44 bits per heavy atom. The zero-order valence-corrected chi connectivity index (χ0v) is 9.95. The smallest absolute Gasteiger partial charge is 0.338 e. The number of carboxylic acids is 1. The third-order valence-corrected chi connectivity index (χ3v) is 2.98. The highest BCUT2D eigenvalue weighted by atomic mass is 32.1. The van der Waals surface area contributed by atoms with E-state index in [1.54, 1.807) is 0 Å². The zero-order valence-electron chi connectivity index (χ0n) is 9.06. The molecule has 2 rings (SSSR count). The van der Waals surface area contributed by atoms with Crippen LogP contribution in [0.15, 0.2) is 12.1 Å². The van der Waals surface area contributed by atoms with Gasteiger partial charge in [-0.1, -0.05) is 0 Å². The second-order valence-corrected chi connectivity index (χ2v) is 4.68. The molecule has 1 amide bonds. The van der Waals surface area contributed by atoms with Crippen molar-refractivity contribution in [1.82, 2.24) is 0 Å². The van der Waals surface area contributed by atoms with Gasteiger partial charge in [-0.25, -0.2) is 13.6 Å². The molecule has 0 aromatic heterocycles. The van der Waals surface area contributed by atoms with E-state index in [2.05, 4.69) is 12.6 Å². The van der Waals surface area contributed by atoms with Gasteiger partial charge in [-0.3, -0.25) is 4.79 Å². The van der Waals surface area contributed by atoms with Crippen LogP contribution in [0, 0.1) is 11.6 Å². The number of nitrogens with zero attached hydrogens (tertiary/aromatic N) is 1. The first-order valence-corrected chi connectivity index (χ1v) is 5.62. The van der Waals surface area contributed by atoms with Crippen LogP contribution in [0.3, 0.4) is 0 Å². The van der Waals surface area contributed by atoms with Crippen molar-refractivity contribution < 1.29 is 23.5 Å². The second-order valence-electron chi connectivity index (χ2n) is 3.95. The Kier molecular flexibility index (Phi) is 3.25. The first kappa shape index (κ1) is 12.8. The van der Waals surface area contributed by atoms with Crippen molar-refractivity contribution in [3.8, 4) is 0 Å². The summed E-state index contributed by atoms with van der Waals surface area (Å²) < 4.78 is 26.7. The lowest BCUT2D eigenvalue weighted by Gasteiger charge is -2.19. The van der Waals surface area contributed by atoms with Crippen LogP contribution in [0.5, 0.6) is 0 Å². The summed E-state index contributed by atoms with van der Waals surface area (Å²) in [6, 6.07) is 1.25. The SMILES string of the molecule is O=C(O)c1cc(F)cc(F)c1N1CC(S)CC1=O. The van der Waals surface area contributed by atoms with Crippen LogP contribution in [-0.2, 0) is 4.79 Å². The van der Waals surface area contributed by atoms with Crippen LogP contribution in [0.1, 0.15) is 16.8 Å². The number of halogens is 2. The normalized spacial score (nSPS) is 19.4. The monoisotopic (exact) mass is 273 g/mol. The first-order valence-electron chi connectivity index (χ1n) is 5.11. The molecule has 1 unspecified atom stereocenters. The van der Waals surface area contributed by atoms with Gasteiger partial charge in [0.05, 0.1) is 11.3 Å². The lowest BCUT2D eigenvalue weighted by Crippen LogP contribution is -2.28. The lowest BCUT2D eigenvalue weighted by molar-refractivity contribution is -0.117. The fourth-order valence-electron chi connectivity index (χ4n) is 1.91. The number of hydrogen-bond acceptors (Lipinski definition) is 3. The number of rotatable bonds is 2. The van der Waals surface area contributed by atoms with E-state index in [9.17, 15) is 18.4 Å². The van der Waals surface area contributed by atoms with E-state index < -0.39 is 34.8 Å². The molecule has 96 valence electrons. The van der Waals surface area contributed by atoms with E-state index in [4.69, 9.17) is 5.11 Å². The van der Waals surface area contributed by atoms with E-state index in [1.807, 2.05) is 0 Å². The van der Waals surface area contributed by atoms with Gasteiger partial charge >= 0.3 is 5.97 Å². The van der Waals surface area contributed by atoms with Crippen LogP contribution in [0.4, 0.5) is 14.5 Å². The Balaban J connectivity index is 2.56. The van der Waals surface area contributed by atoms with Gasteiger partial charge in [0, 0.05) is 24.3 Å². The molecule has 0 aliphatic carbocycles. The maximum Gasteiger partial charge on any atom is 0.338 e. The molecule has 1 atom stereocenters.